The van der Waals surface area contributed by atoms with Crippen LogP contribution in [0.3, 0.4) is 0 Å². The van der Waals surface area contributed by atoms with E-state index in [4.69, 9.17) is 10.8 Å². The topological polar surface area (TPSA) is 162 Å². The molecule has 0 spiro atoms. The van der Waals surface area contributed by atoms with Gasteiger partial charge in [-0.1, -0.05) is 13.8 Å². The van der Waals surface area contributed by atoms with E-state index in [0.29, 0.717) is 31.6 Å². The molecular formula is C18H32N4O6S. The summed E-state index contributed by atoms with van der Waals surface area (Å²) < 4.78 is 0. The summed E-state index contributed by atoms with van der Waals surface area (Å²) in [4.78, 5) is 50.6. The lowest BCUT2D eigenvalue weighted by molar-refractivity contribution is -0.145. The molecule has 11 heteroatoms. The SMILES string of the molecule is CSCCC(NC(=O)C(N)CO)C(=O)N1CCCC1C(=O)NC(C(=O)O)C(C)C. The van der Waals surface area contributed by atoms with Crippen molar-refractivity contribution in [2.45, 2.75) is 57.3 Å². The average molecular weight is 433 g/mol. The van der Waals surface area contributed by atoms with Gasteiger partial charge in [0.2, 0.25) is 17.7 Å². The zero-order chi connectivity index (χ0) is 22.1. The van der Waals surface area contributed by atoms with Crippen LogP contribution in [0.2, 0.25) is 0 Å². The third kappa shape index (κ3) is 7.16. The summed E-state index contributed by atoms with van der Waals surface area (Å²) in [6.07, 6.45) is 3.23. The Morgan fingerprint density at radius 3 is 2.41 bits per heavy atom. The fraction of sp³-hybridized carbons (Fsp3) is 0.778. The van der Waals surface area contributed by atoms with Crippen molar-refractivity contribution in [1.29, 1.82) is 0 Å². The highest BCUT2D eigenvalue weighted by molar-refractivity contribution is 7.98. The lowest BCUT2D eigenvalue weighted by Crippen LogP contribution is -2.57. The van der Waals surface area contributed by atoms with Crippen LogP contribution >= 0.6 is 11.8 Å². The van der Waals surface area contributed by atoms with Crippen LogP contribution in [-0.2, 0) is 19.2 Å². The van der Waals surface area contributed by atoms with Gasteiger partial charge < -0.3 is 31.5 Å². The molecule has 1 saturated heterocycles. The molecule has 0 aromatic carbocycles. The van der Waals surface area contributed by atoms with E-state index in [-0.39, 0.29) is 5.92 Å². The molecule has 29 heavy (non-hydrogen) atoms. The molecule has 0 radical (unpaired) electrons. The number of thioether (sulfide) groups is 1. The number of aliphatic hydroxyl groups is 1. The fourth-order valence-corrected chi connectivity index (χ4v) is 3.59. The molecule has 3 amide bonds. The summed E-state index contributed by atoms with van der Waals surface area (Å²) in [7, 11) is 0. The largest absolute Gasteiger partial charge is 0.480 e. The number of rotatable bonds is 11. The Morgan fingerprint density at radius 1 is 1.24 bits per heavy atom. The third-order valence-electron chi connectivity index (χ3n) is 4.83. The molecule has 1 rings (SSSR count). The molecular weight excluding hydrogens is 400 g/mol. The summed E-state index contributed by atoms with van der Waals surface area (Å²) in [6, 6.07) is -3.85. The smallest absolute Gasteiger partial charge is 0.326 e. The number of carboxylic acid groups (broad SMARTS) is 1. The maximum absolute atomic E-state index is 13.1. The molecule has 1 fully saturated rings. The first-order chi connectivity index (χ1) is 13.6. The second-order valence-electron chi connectivity index (χ2n) is 7.39. The Hall–Kier alpha value is -1.85. The van der Waals surface area contributed by atoms with E-state index in [1.807, 2.05) is 6.26 Å². The third-order valence-corrected chi connectivity index (χ3v) is 5.47. The molecule has 166 valence electrons. The summed E-state index contributed by atoms with van der Waals surface area (Å²) >= 11 is 1.51. The van der Waals surface area contributed by atoms with Crippen molar-refractivity contribution in [2.24, 2.45) is 11.7 Å². The molecule has 4 atom stereocenters. The van der Waals surface area contributed by atoms with Crippen molar-refractivity contribution < 1.29 is 29.4 Å². The van der Waals surface area contributed by atoms with E-state index in [1.54, 1.807) is 13.8 Å². The molecule has 0 saturated carbocycles. The summed E-state index contributed by atoms with van der Waals surface area (Å²) in [6.45, 7) is 3.17. The van der Waals surface area contributed by atoms with Gasteiger partial charge in [0.05, 0.1) is 6.61 Å². The number of carbonyl (C=O) groups is 4. The number of carboxylic acids is 1. The van der Waals surface area contributed by atoms with E-state index in [2.05, 4.69) is 10.6 Å². The second kappa shape index (κ2) is 12.0. The molecule has 10 nitrogen and oxygen atoms in total. The predicted molar refractivity (Wildman–Crippen MR) is 109 cm³/mol. The van der Waals surface area contributed by atoms with E-state index < -0.39 is 54.5 Å². The molecule has 0 bridgehead atoms. The van der Waals surface area contributed by atoms with Gasteiger partial charge in [-0.15, -0.1) is 0 Å². The Labute approximate surface area is 174 Å². The zero-order valence-corrected chi connectivity index (χ0v) is 17.9. The molecule has 1 aliphatic rings. The number of amides is 3. The van der Waals surface area contributed by atoms with E-state index in [0.717, 1.165) is 0 Å². The lowest BCUT2D eigenvalue weighted by atomic mass is 10.0. The standard InChI is InChI=1S/C18H32N4O6S/c1-10(2)14(18(27)28)21-16(25)13-5-4-7-22(13)17(26)12(6-8-29-3)20-15(24)11(19)9-23/h10-14,23H,4-9,19H2,1-3H3,(H,20,24)(H,21,25)(H,27,28). The van der Waals surface area contributed by atoms with Crippen molar-refractivity contribution in [2.75, 3.05) is 25.2 Å². The maximum Gasteiger partial charge on any atom is 0.326 e. The van der Waals surface area contributed by atoms with Crippen LogP contribution < -0.4 is 16.4 Å². The minimum atomic E-state index is -1.14. The Kier molecular flexibility index (Phi) is 10.4. The highest BCUT2D eigenvalue weighted by Crippen LogP contribution is 2.20. The Bertz CT molecular complexity index is 603. The summed E-state index contributed by atoms with van der Waals surface area (Å²) in [5, 5.41) is 23.4. The zero-order valence-electron chi connectivity index (χ0n) is 17.1. The summed E-state index contributed by atoms with van der Waals surface area (Å²) in [5.41, 5.74) is 5.52. The van der Waals surface area contributed by atoms with Crippen LogP contribution in [0.25, 0.3) is 0 Å². The number of nitrogens with zero attached hydrogens (tertiary/aromatic N) is 1. The van der Waals surface area contributed by atoms with Crippen molar-refractivity contribution in [3.05, 3.63) is 0 Å². The Morgan fingerprint density at radius 2 is 1.90 bits per heavy atom. The van der Waals surface area contributed by atoms with Crippen LogP contribution in [0.4, 0.5) is 0 Å². The van der Waals surface area contributed by atoms with E-state index >= 15 is 0 Å². The van der Waals surface area contributed by atoms with Crippen molar-refractivity contribution in [3.63, 3.8) is 0 Å². The highest BCUT2D eigenvalue weighted by atomic mass is 32.2. The molecule has 0 aliphatic carbocycles. The minimum Gasteiger partial charge on any atom is -0.480 e. The molecule has 1 heterocycles. The van der Waals surface area contributed by atoms with Gasteiger partial charge >= 0.3 is 5.97 Å². The molecule has 6 N–H and O–H groups in total. The number of likely N-dealkylation sites (tertiary alicyclic amines) is 1. The number of aliphatic hydroxyl groups excluding tert-OH is 1. The van der Waals surface area contributed by atoms with Gasteiger partial charge in [0.1, 0.15) is 24.2 Å². The van der Waals surface area contributed by atoms with E-state index in [9.17, 15) is 24.3 Å². The first-order valence-corrected chi connectivity index (χ1v) is 11.0. The van der Waals surface area contributed by atoms with Gasteiger partial charge in [0, 0.05) is 6.54 Å². The average Bonchev–Trinajstić information content (AvgIpc) is 3.16. The quantitative estimate of drug-likeness (QED) is 0.271. The number of nitrogens with one attached hydrogen (secondary N) is 2. The molecule has 0 aromatic rings. The normalized spacial score (nSPS) is 19.5. The number of nitrogens with two attached hydrogens (primary N) is 1. The number of hydrogen-bond acceptors (Lipinski definition) is 7. The van der Waals surface area contributed by atoms with Gasteiger partial charge in [-0.25, -0.2) is 4.79 Å². The number of hydrogen-bond donors (Lipinski definition) is 5. The second-order valence-corrected chi connectivity index (χ2v) is 8.38. The van der Waals surface area contributed by atoms with Crippen molar-refractivity contribution in [3.8, 4) is 0 Å². The van der Waals surface area contributed by atoms with E-state index in [1.165, 1.54) is 16.7 Å². The molecule has 1 aliphatic heterocycles. The first kappa shape index (κ1) is 25.2. The van der Waals surface area contributed by atoms with Crippen LogP contribution in [0.1, 0.15) is 33.1 Å². The van der Waals surface area contributed by atoms with Crippen LogP contribution in [0.15, 0.2) is 0 Å². The lowest BCUT2D eigenvalue weighted by Gasteiger charge is -2.30. The first-order valence-electron chi connectivity index (χ1n) is 9.63. The minimum absolute atomic E-state index is 0.310. The van der Waals surface area contributed by atoms with Crippen LogP contribution in [-0.4, -0.2) is 88.1 Å². The predicted octanol–water partition coefficient (Wildman–Crippen LogP) is -1.24. The van der Waals surface area contributed by atoms with Gasteiger partial charge in [-0.2, -0.15) is 11.8 Å². The van der Waals surface area contributed by atoms with Gasteiger partial charge in [-0.3, -0.25) is 14.4 Å². The number of aliphatic carboxylic acids is 1. The maximum atomic E-state index is 13.1. The molecule has 4 unspecified atom stereocenters. The van der Waals surface area contributed by atoms with Gasteiger partial charge in [-0.05, 0) is 37.2 Å². The molecule has 0 aromatic heterocycles. The van der Waals surface area contributed by atoms with Crippen LogP contribution in [0.5, 0.6) is 0 Å². The van der Waals surface area contributed by atoms with Crippen molar-refractivity contribution in [1.82, 2.24) is 15.5 Å². The fourth-order valence-electron chi connectivity index (χ4n) is 3.12. The monoisotopic (exact) mass is 432 g/mol. The van der Waals surface area contributed by atoms with Crippen molar-refractivity contribution >= 4 is 35.5 Å². The van der Waals surface area contributed by atoms with Gasteiger partial charge in [0.15, 0.2) is 0 Å². The number of carbonyl (C=O) groups excluding carboxylic acids is 3. The summed E-state index contributed by atoms with van der Waals surface area (Å²) in [5.74, 6) is -2.41. The Balaban J connectivity index is 2.92. The van der Waals surface area contributed by atoms with Gasteiger partial charge in [0.25, 0.3) is 0 Å². The highest BCUT2D eigenvalue weighted by Gasteiger charge is 2.39. The van der Waals surface area contributed by atoms with Crippen LogP contribution in [0, 0.1) is 5.92 Å².